The Morgan fingerprint density at radius 2 is 1.94 bits per heavy atom. The van der Waals surface area contributed by atoms with E-state index in [9.17, 15) is 9.70 Å². The number of benzene rings is 1. The zero-order chi connectivity index (χ0) is 12.8. The minimum atomic E-state index is -0.782. The molecule has 0 bridgehead atoms. The molecule has 2 amide bonds. The van der Waals surface area contributed by atoms with Crippen molar-refractivity contribution in [3.63, 3.8) is 0 Å². The lowest BCUT2D eigenvalue weighted by Crippen LogP contribution is -2.40. The number of urea groups is 1. The number of nitrogens with one attached hydrogen (secondary N) is 1. The van der Waals surface area contributed by atoms with Crippen molar-refractivity contribution in [1.82, 2.24) is 10.3 Å². The lowest BCUT2D eigenvalue weighted by Gasteiger charge is -2.20. The first-order valence-electron chi connectivity index (χ1n) is 5.18. The largest absolute Gasteiger partial charge is 0.342 e. The van der Waals surface area contributed by atoms with Gasteiger partial charge in [0, 0.05) is 0 Å². The summed E-state index contributed by atoms with van der Waals surface area (Å²) in [4.78, 5) is 22.1. The molecule has 0 saturated heterocycles. The summed E-state index contributed by atoms with van der Waals surface area (Å²) in [6.07, 6.45) is 0. The summed E-state index contributed by atoms with van der Waals surface area (Å²) in [5.74, 6) is 0. The molecule has 0 radical (unpaired) electrons. The Kier molecular flexibility index (Phi) is 4.90. The summed E-state index contributed by atoms with van der Waals surface area (Å²) < 4.78 is 0. The molecule has 92 valence electrons. The van der Waals surface area contributed by atoms with E-state index in [1.165, 1.54) is 6.92 Å². The Balaban J connectivity index is 2.66. The third-order valence-electron chi connectivity index (χ3n) is 2.27. The molecule has 0 spiro atoms. The molecule has 6 heteroatoms. The summed E-state index contributed by atoms with van der Waals surface area (Å²) in [7, 11) is 0. The molecule has 1 N–H and O–H groups in total. The van der Waals surface area contributed by atoms with Crippen LogP contribution in [0.2, 0.25) is 0 Å². The van der Waals surface area contributed by atoms with Crippen LogP contribution in [0, 0.1) is 4.91 Å². The molecule has 0 heterocycles. The van der Waals surface area contributed by atoms with Gasteiger partial charge in [0.1, 0.15) is 5.50 Å². The van der Waals surface area contributed by atoms with Crippen molar-refractivity contribution in [2.75, 3.05) is 0 Å². The molecule has 0 fully saturated rings. The van der Waals surface area contributed by atoms with Gasteiger partial charge in [0.15, 0.2) is 0 Å². The molecule has 1 rings (SSSR count). The van der Waals surface area contributed by atoms with E-state index < -0.39 is 11.5 Å². The highest BCUT2D eigenvalue weighted by molar-refractivity contribution is 6.20. The fourth-order valence-corrected chi connectivity index (χ4v) is 1.46. The zero-order valence-electron chi connectivity index (χ0n) is 9.63. The van der Waals surface area contributed by atoms with Gasteiger partial charge in [0.2, 0.25) is 0 Å². The monoisotopic (exact) mass is 255 g/mol. The first kappa shape index (κ1) is 13.4. The molecule has 0 aliphatic rings. The number of hydrogen-bond acceptors (Lipinski definition) is 3. The molecule has 2 unspecified atom stereocenters. The normalized spacial score (nSPS) is 13.6. The molecule has 1 aromatic carbocycles. The number of halogens is 1. The fourth-order valence-electron chi connectivity index (χ4n) is 1.34. The predicted octanol–water partition coefficient (Wildman–Crippen LogP) is 3.03. The first-order valence-corrected chi connectivity index (χ1v) is 5.62. The van der Waals surface area contributed by atoms with Gasteiger partial charge in [0.05, 0.1) is 11.3 Å². The zero-order valence-corrected chi connectivity index (χ0v) is 10.4. The lowest BCUT2D eigenvalue weighted by molar-refractivity contribution is 0.193. The topological polar surface area (TPSA) is 61.8 Å². The molecule has 0 saturated carbocycles. The summed E-state index contributed by atoms with van der Waals surface area (Å²) in [5, 5.41) is 5.86. The van der Waals surface area contributed by atoms with E-state index in [0.29, 0.717) is 5.01 Å². The number of amides is 2. The van der Waals surface area contributed by atoms with Crippen LogP contribution in [0.4, 0.5) is 4.79 Å². The molecule has 0 aliphatic heterocycles. The predicted molar refractivity (Wildman–Crippen MR) is 66.3 cm³/mol. The Hall–Kier alpha value is -1.62. The van der Waals surface area contributed by atoms with Crippen molar-refractivity contribution in [2.24, 2.45) is 5.29 Å². The molecule has 0 aromatic heterocycles. The third-order valence-corrected chi connectivity index (χ3v) is 2.46. The minimum Gasteiger partial charge on any atom is -0.330 e. The van der Waals surface area contributed by atoms with E-state index in [0.717, 1.165) is 5.56 Å². The second-order valence-electron chi connectivity index (χ2n) is 3.58. The first-order chi connectivity index (χ1) is 8.06. The molecular formula is C11H14ClN3O2. The van der Waals surface area contributed by atoms with E-state index >= 15 is 0 Å². The van der Waals surface area contributed by atoms with Gasteiger partial charge in [0.25, 0.3) is 0 Å². The van der Waals surface area contributed by atoms with Crippen LogP contribution in [0.1, 0.15) is 25.5 Å². The van der Waals surface area contributed by atoms with Gasteiger partial charge < -0.3 is 5.32 Å². The van der Waals surface area contributed by atoms with Crippen molar-refractivity contribution in [1.29, 1.82) is 0 Å². The Morgan fingerprint density at radius 3 is 2.41 bits per heavy atom. The van der Waals surface area contributed by atoms with E-state index in [2.05, 4.69) is 10.6 Å². The number of alkyl halides is 1. The summed E-state index contributed by atoms with van der Waals surface area (Å²) in [5.41, 5.74) is 0.157. The van der Waals surface area contributed by atoms with Gasteiger partial charge in [-0.25, -0.2) is 4.79 Å². The number of nitrogens with zero attached hydrogens (tertiary/aromatic N) is 2. The van der Waals surface area contributed by atoms with Gasteiger partial charge >= 0.3 is 6.03 Å². The summed E-state index contributed by atoms with van der Waals surface area (Å²) in [6, 6.07) is 8.57. The molecule has 5 nitrogen and oxygen atoms in total. The van der Waals surface area contributed by atoms with Crippen molar-refractivity contribution in [2.45, 2.75) is 25.4 Å². The van der Waals surface area contributed by atoms with E-state index in [1.807, 2.05) is 37.3 Å². The second kappa shape index (κ2) is 6.20. The molecule has 0 aliphatic carbocycles. The van der Waals surface area contributed by atoms with Crippen LogP contribution in [0.5, 0.6) is 0 Å². The quantitative estimate of drug-likeness (QED) is 0.389. The fraction of sp³-hybridized carbons (Fsp3) is 0.364. The van der Waals surface area contributed by atoms with Crippen molar-refractivity contribution >= 4 is 17.6 Å². The maximum Gasteiger partial charge on any atom is 0.342 e. The van der Waals surface area contributed by atoms with Crippen LogP contribution in [0.15, 0.2) is 35.6 Å². The van der Waals surface area contributed by atoms with Crippen LogP contribution < -0.4 is 5.32 Å². The van der Waals surface area contributed by atoms with Crippen molar-refractivity contribution in [3.8, 4) is 0 Å². The minimum absolute atomic E-state index is 0.219. The maximum atomic E-state index is 11.6. The highest BCUT2D eigenvalue weighted by atomic mass is 35.5. The average Bonchev–Trinajstić information content (AvgIpc) is 2.30. The number of carbonyl (C=O) groups excluding carboxylic acids is 1. The Labute approximate surface area is 105 Å². The summed E-state index contributed by atoms with van der Waals surface area (Å²) >= 11 is 5.64. The third kappa shape index (κ3) is 3.71. The van der Waals surface area contributed by atoms with E-state index in [-0.39, 0.29) is 6.04 Å². The van der Waals surface area contributed by atoms with Gasteiger partial charge in [-0.15, -0.1) is 4.91 Å². The van der Waals surface area contributed by atoms with Crippen LogP contribution in [0.25, 0.3) is 0 Å². The maximum absolute atomic E-state index is 11.6. The number of rotatable bonds is 4. The highest BCUT2D eigenvalue weighted by Crippen LogP contribution is 2.13. The van der Waals surface area contributed by atoms with E-state index in [4.69, 9.17) is 11.6 Å². The average molecular weight is 256 g/mol. The van der Waals surface area contributed by atoms with Crippen LogP contribution >= 0.6 is 11.6 Å². The number of carbonyl (C=O) groups is 1. The number of nitroso groups, excluding NO2 is 1. The second-order valence-corrected chi connectivity index (χ2v) is 4.21. The Morgan fingerprint density at radius 1 is 1.35 bits per heavy atom. The van der Waals surface area contributed by atoms with Gasteiger partial charge in [-0.2, -0.15) is 5.01 Å². The molecule has 17 heavy (non-hydrogen) atoms. The highest BCUT2D eigenvalue weighted by Gasteiger charge is 2.21. The SMILES string of the molecule is CC(NC(=O)N(N=O)C(C)Cl)c1ccccc1. The van der Waals surface area contributed by atoms with Gasteiger partial charge in [-0.1, -0.05) is 41.9 Å². The smallest absolute Gasteiger partial charge is 0.330 e. The van der Waals surface area contributed by atoms with Crippen molar-refractivity contribution < 1.29 is 4.79 Å². The number of hydrogen-bond donors (Lipinski definition) is 1. The standard InChI is InChI=1S/C11H14ClN3O2/c1-8(10-6-4-3-5-7-10)13-11(16)15(14-17)9(2)12/h3-9H,1-2H3,(H,13,16). The van der Waals surface area contributed by atoms with Gasteiger partial charge in [-0.3, -0.25) is 0 Å². The molecule has 1 aromatic rings. The lowest BCUT2D eigenvalue weighted by atomic mass is 10.1. The Bertz CT molecular complexity index is 384. The van der Waals surface area contributed by atoms with Crippen LogP contribution in [-0.2, 0) is 0 Å². The molecular weight excluding hydrogens is 242 g/mol. The van der Waals surface area contributed by atoms with Gasteiger partial charge in [-0.05, 0) is 19.4 Å². The van der Waals surface area contributed by atoms with Crippen molar-refractivity contribution in [3.05, 3.63) is 40.8 Å². The molecule has 2 atom stereocenters. The van der Waals surface area contributed by atoms with Crippen LogP contribution in [-0.4, -0.2) is 16.5 Å². The van der Waals surface area contributed by atoms with E-state index in [1.54, 1.807) is 0 Å². The van der Waals surface area contributed by atoms with Crippen LogP contribution in [0.3, 0.4) is 0 Å². The summed E-state index contributed by atoms with van der Waals surface area (Å²) in [6.45, 7) is 3.31.